The Hall–Kier alpha value is -1.08. The first-order chi connectivity index (χ1) is 13.2. The van der Waals surface area contributed by atoms with Crippen LogP contribution in [0.15, 0.2) is 35.3 Å². The van der Waals surface area contributed by atoms with E-state index in [0.29, 0.717) is 42.7 Å². The quantitative estimate of drug-likeness (QED) is 0.312. The van der Waals surface area contributed by atoms with E-state index < -0.39 is 15.5 Å². The van der Waals surface area contributed by atoms with E-state index in [2.05, 4.69) is 27.8 Å². The SMILES string of the molecule is CCNC(=NCC1CCN(S(=O)(=O)C(F)(F)F)CC1)NCCc1ccccc1.I. The number of piperidine rings is 1. The van der Waals surface area contributed by atoms with E-state index in [1.165, 1.54) is 5.56 Å². The van der Waals surface area contributed by atoms with Crippen LogP contribution in [0.1, 0.15) is 25.3 Å². The summed E-state index contributed by atoms with van der Waals surface area (Å²) >= 11 is 0. The number of guanidine groups is 1. The van der Waals surface area contributed by atoms with E-state index in [1.54, 1.807) is 0 Å². The number of nitrogens with zero attached hydrogens (tertiary/aromatic N) is 2. The molecule has 29 heavy (non-hydrogen) atoms. The lowest BCUT2D eigenvalue weighted by Crippen LogP contribution is -2.45. The van der Waals surface area contributed by atoms with Gasteiger partial charge in [0.15, 0.2) is 5.96 Å². The molecule has 0 amide bonds. The van der Waals surface area contributed by atoms with Crippen molar-refractivity contribution >= 4 is 40.0 Å². The Balaban J connectivity index is 0.00000420. The van der Waals surface area contributed by atoms with E-state index in [-0.39, 0.29) is 43.0 Å². The predicted molar refractivity (Wildman–Crippen MR) is 119 cm³/mol. The van der Waals surface area contributed by atoms with Crippen molar-refractivity contribution in [2.45, 2.75) is 31.7 Å². The summed E-state index contributed by atoms with van der Waals surface area (Å²) < 4.78 is 61.3. The molecule has 1 heterocycles. The van der Waals surface area contributed by atoms with Gasteiger partial charge < -0.3 is 10.6 Å². The summed E-state index contributed by atoms with van der Waals surface area (Å²) in [7, 11) is -5.23. The molecule has 166 valence electrons. The van der Waals surface area contributed by atoms with Crippen LogP contribution in [-0.2, 0) is 16.4 Å². The molecule has 0 bridgehead atoms. The number of aliphatic imine (C=N–C) groups is 1. The molecule has 0 spiro atoms. The lowest BCUT2D eigenvalue weighted by Gasteiger charge is -2.30. The topological polar surface area (TPSA) is 73.8 Å². The summed E-state index contributed by atoms with van der Waals surface area (Å²) in [5.41, 5.74) is -4.03. The number of benzene rings is 1. The molecule has 11 heteroatoms. The first-order valence-corrected chi connectivity index (χ1v) is 10.8. The van der Waals surface area contributed by atoms with Crippen molar-refractivity contribution in [3.63, 3.8) is 0 Å². The van der Waals surface area contributed by atoms with Crippen LogP contribution in [-0.4, -0.2) is 56.9 Å². The second-order valence-electron chi connectivity index (χ2n) is 6.68. The molecule has 1 saturated heterocycles. The maximum Gasteiger partial charge on any atom is 0.511 e. The Morgan fingerprint density at radius 1 is 1.17 bits per heavy atom. The molecule has 1 aliphatic rings. The molecular formula is C18H28F3IN4O2S. The number of hydrogen-bond acceptors (Lipinski definition) is 3. The summed E-state index contributed by atoms with van der Waals surface area (Å²) in [5.74, 6) is 0.716. The second kappa shape index (κ2) is 11.9. The molecule has 1 fully saturated rings. The van der Waals surface area contributed by atoms with Gasteiger partial charge in [0.2, 0.25) is 0 Å². The molecule has 1 aromatic carbocycles. The Bertz CT molecular complexity index is 737. The van der Waals surface area contributed by atoms with Gasteiger partial charge >= 0.3 is 15.5 Å². The fraction of sp³-hybridized carbons (Fsp3) is 0.611. The van der Waals surface area contributed by atoms with Gasteiger partial charge in [-0.2, -0.15) is 17.5 Å². The van der Waals surface area contributed by atoms with Crippen LogP contribution in [0.25, 0.3) is 0 Å². The highest BCUT2D eigenvalue weighted by Crippen LogP contribution is 2.30. The van der Waals surface area contributed by atoms with Crippen LogP contribution in [0, 0.1) is 5.92 Å². The minimum absolute atomic E-state index is 0. The number of sulfonamides is 1. The van der Waals surface area contributed by atoms with Gasteiger partial charge in [-0.05, 0) is 37.7 Å². The summed E-state index contributed by atoms with van der Waals surface area (Å²) in [6, 6.07) is 10.0. The fourth-order valence-electron chi connectivity index (χ4n) is 3.01. The van der Waals surface area contributed by atoms with Crippen LogP contribution in [0.4, 0.5) is 13.2 Å². The first-order valence-electron chi connectivity index (χ1n) is 9.36. The molecule has 1 aromatic rings. The van der Waals surface area contributed by atoms with Gasteiger partial charge in [0, 0.05) is 32.7 Å². The average molecular weight is 548 g/mol. The highest BCUT2D eigenvalue weighted by Gasteiger charge is 2.50. The van der Waals surface area contributed by atoms with E-state index >= 15 is 0 Å². The van der Waals surface area contributed by atoms with Gasteiger partial charge in [-0.3, -0.25) is 4.99 Å². The maximum absolute atomic E-state index is 12.6. The normalized spacial score (nSPS) is 16.9. The van der Waals surface area contributed by atoms with Crippen LogP contribution in [0.3, 0.4) is 0 Å². The van der Waals surface area contributed by atoms with Gasteiger partial charge in [-0.1, -0.05) is 30.3 Å². The lowest BCUT2D eigenvalue weighted by atomic mass is 9.98. The summed E-state index contributed by atoms with van der Waals surface area (Å²) in [5, 5.41) is 6.39. The molecule has 0 unspecified atom stereocenters. The van der Waals surface area contributed by atoms with Crippen molar-refractivity contribution < 1.29 is 21.6 Å². The molecule has 6 nitrogen and oxygen atoms in total. The van der Waals surface area contributed by atoms with Gasteiger partial charge in [0.05, 0.1) is 0 Å². The number of nitrogens with one attached hydrogen (secondary N) is 2. The molecular weight excluding hydrogens is 520 g/mol. The third kappa shape index (κ3) is 7.93. The Kier molecular flexibility index (Phi) is 10.7. The van der Waals surface area contributed by atoms with E-state index in [1.807, 2.05) is 25.1 Å². The van der Waals surface area contributed by atoms with Crippen molar-refractivity contribution in [1.29, 1.82) is 0 Å². The van der Waals surface area contributed by atoms with E-state index in [0.717, 1.165) is 6.42 Å². The van der Waals surface area contributed by atoms with Gasteiger partial charge in [-0.25, -0.2) is 8.42 Å². The maximum atomic E-state index is 12.6. The van der Waals surface area contributed by atoms with E-state index in [9.17, 15) is 21.6 Å². The minimum Gasteiger partial charge on any atom is -0.357 e. The zero-order valence-electron chi connectivity index (χ0n) is 16.3. The van der Waals surface area contributed by atoms with Crippen LogP contribution < -0.4 is 10.6 Å². The van der Waals surface area contributed by atoms with Gasteiger partial charge in [-0.15, -0.1) is 24.0 Å². The summed E-state index contributed by atoms with van der Waals surface area (Å²) in [6.45, 7) is 3.55. The van der Waals surface area contributed by atoms with Crippen molar-refractivity contribution in [2.24, 2.45) is 10.9 Å². The molecule has 0 aliphatic carbocycles. The van der Waals surface area contributed by atoms with Crippen molar-refractivity contribution in [2.75, 3.05) is 32.7 Å². The Morgan fingerprint density at radius 3 is 2.34 bits per heavy atom. The largest absolute Gasteiger partial charge is 0.511 e. The van der Waals surface area contributed by atoms with Crippen molar-refractivity contribution in [3.8, 4) is 0 Å². The highest BCUT2D eigenvalue weighted by molar-refractivity contribution is 14.0. The molecule has 0 radical (unpaired) electrons. The highest BCUT2D eigenvalue weighted by atomic mass is 127. The number of rotatable bonds is 7. The molecule has 1 aliphatic heterocycles. The minimum atomic E-state index is -5.24. The number of alkyl halides is 3. The summed E-state index contributed by atoms with van der Waals surface area (Å²) in [6.07, 6.45) is 1.57. The molecule has 0 atom stereocenters. The summed E-state index contributed by atoms with van der Waals surface area (Å²) in [4.78, 5) is 4.51. The van der Waals surface area contributed by atoms with E-state index in [4.69, 9.17) is 0 Å². The monoisotopic (exact) mass is 548 g/mol. The fourth-order valence-corrected chi connectivity index (χ4v) is 3.99. The predicted octanol–water partition coefficient (Wildman–Crippen LogP) is 2.96. The second-order valence-corrected chi connectivity index (χ2v) is 8.60. The Labute approximate surface area is 187 Å². The molecule has 2 N–H and O–H groups in total. The first kappa shape index (κ1) is 26.0. The smallest absolute Gasteiger partial charge is 0.357 e. The third-order valence-corrected chi connectivity index (χ3v) is 6.24. The third-order valence-electron chi connectivity index (χ3n) is 4.61. The number of halogens is 4. The average Bonchev–Trinajstić information content (AvgIpc) is 2.66. The zero-order valence-corrected chi connectivity index (χ0v) is 19.4. The van der Waals surface area contributed by atoms with Crippen molar-refractivity contribution in [3.05, 3.63) is 35.9 Å². The lowest BCUT2D eigenvalue weighted by molar-refractivity contribution is -0.0496. The van der Waals surface area contributed by atoms with Crippen molar-refractivity contribution in [1.82, 2.24) is 14.9 Å². The van der Waals surface area contributed by atoms with Gasteiger partial charge in [0.25, 0.3) is 0 Å². The van der Waals surface area contributed by atoms with Crippen LogP contribution in [0.5, 0.6) is 0 Å². The molecule has 0 aromatic heterocycles. The van der Waals surface area contributed by atoms with Crippen LogP contribution >= 0.6 is 24.0 Å². The zero-order chi connectivity index (χ0) is 20.6. The standard InChI is InChI=1S/C18H27F3N4O2S.HI/c1-2-22-17(23-11-8-15-6-4-3-5-7-15)24-14-16-9-12-25(13-10-16)28(26,27)18(19,20)21;/h3-7,16H,2,8-14H2,1H3,(H2,22,23,24);1H. The van der Waals surface area contributed by atoms with Crippen LogP contribution in [0.2, 0.25) is 0 Å². The molecule has 0 saturated carbocycles. The van der Waals surface area contributed by atoms with Gasteiger partial charge in [0.1, 0.15) is 0 Å². The number of hydrogen-bond donors (Lipinski definition) is 2. The molecule has 2 rings (SSSR count). The Morgan fingerprint density at radius 2 is 1.79 bits per heavy atom.